The summed E-state index contributed by atoms with van der Waals surface area (Å²) in [7, 11) is 0. The second-order valence-electron chi connectivity index (χ2n) is 6.42. The summed E-state index contributed by atoms with van der Waals surface area (Å²) in [4.78, 5) is 10.9. The van der Waals surface area contributed by atoms with Gasteiger partial charge in [0.15, 0.2) is 0 Å². The van der Waals surface area contributed by atoms with Crippen LogP contribution in [0.25, 0.3) is 11.1 Å². The van der Waals surface area contributed by atoms with Crippen molar-refractivity contribution in [3.05, 3.63) is 83.9 Å². The summed E-state index contributed by atoms with van der Waals surface area (Å²) in [5.74, 6) is -0.328. The largest absolute Gasteiger partial charge is 0.457 e. The van der Waals surface area contributed by atoms with Gasteiger partial charge in [-0.15, -0.1) is 0 Å². The molecule has 1 unspecified atom stereocenters. The van der Waals surface area contributed by atoms with Crippen LogP contribution in [-0.2, 0) is 16.1 Å². The van der Waals surface area contributed by atoms with E-state index in [1.54, 1.807) is 36.4 Å². The van der Waals surface area contributed by atoms with Crippen molar-refractivity contribution in [2.45, 2.75) is 12.6 Å². The Hall–Kier alpha value is -3.29. The van der Waals surface area contributed by atoms with Crippen LogP contribution in [0.15, 0.2) is 66.7 Å². The number of carbonyl (C=O) groups excluding carboxylic acids is 1. The second-order valence-corrected chi connectivity index (χ2v) is 6.42. The molecule has 0 fully saturated rings. The Kier molecular flexibility index (Phi) is 6.54. The lowest BCUT2D eigenvalue weighted by Crippen LogP contribution is -2.40. The van der Waals surface area contributed by atoms with E-state index in [4.69, 9.17) is 20.9 Å². The molecule has 0 heterocycles. The first-order valence-electron chi connectivity index (χ1n) is 8.87. The van der Waals surface area contributed by atoms with Gasteiger partial charge in [0.2, 0.25) is 5.91 Å². The van der Waals surface area contributed by atoms with Crippen LogP contribution in [0.2, 0.25) is 0 Å². The molecule has 0 spiro atoms. The molecule has 0 aliphatic carbocycles. The molecular formula is C22H20F2N2O3. The summed E-state index contributed by atoms with van der Waals surface area (Å²) in [6.07, 6.45) is 0. The van der Waals surface area contributed by atoms with Crippen molar-refractivity contribution in [3.8, 4) is 22.6 Å². The first kappa shape index (κ1) is 20.4. The molecule has 1 atom stereocenters. The zero-order valence-electron chi connectivity index (χ0n) is 15.5. The maximum absolute atomic E-state index is 14.3. The van der Waals surface area contributed by atoms with E-state index < -0.39 is 11.9 Å². The highest BCUT2D eigenvalue weighted by Crippen LogP contribution is 2.28. The van der Waals surface area contributed by atoms with Crippen LogP contribution in [0.4, 0.5) is 8.78 Å². The van der Waals surface area contributed by atoms with E-state index in [0.717, 1.165) is 5.56 Å². The SMILES string of the molecule is NC(=O)C(N)COCc1ccc(F)c(-c2ccc(Oc3ccc(F)cc3)cc2)c1. The van der Waals surface area contributed by atoms with E-state index in [-0.39, 0.29) is 24.8 Å². The number of amides is 1. The van der Waals surface area contributed by atoms with E-state index in [9.17, 15) is 13.6 Å². The molecular weight excluding hydrogens is 378 g/mol. The van der Waals surface area contributed by atoms with E-state index in [1.807, 2.05) is 0 Å². The van der Waals surface area contributed by atoms with Crippen LogP contribution >= 0.6 is 0 Å². The third kappa shape index (κ3) is 5.60. The molecule has 0 aliphatic rings. The van der Waals surface area contributed by atoms with Crippen LogP contribution in [0.3, 0.4) is 0 Å². The fourth-order valence-electron chi connectivity index (χ4n) is 2.61. The zero-order valence-corrected chi connectivity index (χ0v) is 15.5. The first-order chi connectivity index (χ1) is 13.9. The van der Waals surface area contributed by atoms with Crippen LogP contribution < -0.4 is 16.2 Å². The Bertz CT molecular complexity index is 976. The Labute approximate surface area is 166 Å². The predicted molar refractivity (Wildman–Crippen MR) is 105 cm³/mol. The summed E-state index contributed by atoms with van der Waals surface area (Å²) >= 11 is 0. The third-order valence-corrected chi connectivity index (χ3v) is 4.18. The molecule has 3 aromatic rings. The average molecular weight is 398 g/mol. The van der Waals surface area contributed by atoms with Gasteiger partial charge in [-0.3, -0.25) is 4.79 Å². The lowest BCUT2D eigenvalue weighted by atomic mass is 10.0. The number of primary amides is 1. The fourth-order valence-corrected chi connectivity index (χ4v) is 2.61. The maximum Gasteiger partial charge on any atom is 0.236 e. The van der Waals surface area contributed by atoms with Crippen molar-refractivity contribution in [2.24, 2.45) is 11.5 Å². The van der Waals surface area contributed by atoms with Crippen LogP contribution in [0, 0.1) is 11.6 Å². The van der Waals surface area contributed by atoms with E-state index >= 15 is 0 Å². The van der Waals surface area contributed by atoms with E-state index in [2.05, 4.69) is 0 Å². The van der Waals surface area contributed by atoms with Gasteiger partial charge in [-0.2, -0.15) is 0 Å². The minimum atomic E-state index is -0.886. The monoisotopic (exact) mass is 398 g/mol. The Balaban J connectivity index is 1.69. The van der Waals surface area contributed by atoms with Gasteiger partial charge in [-0.05, 0) is 59.7 Å². The van der Waals surface area contributed by atoms with Gasteiger partial charge in [-0.25, -0.2) is 8.78 Å². The molecule has 3 aromatic carbocycles. The fraction of sp³-hybridized carbons (Fsp3) is 0.136. The van der Waals surface area contributed by atoms with Crippen molar-refractivity contribution in [1.82, 2.24) is 0 Å². The number of benzene rings is 3. The standard InChI is InChI=1S/C22H20F2N2O3/c23-16-4-8-18(9-5-16)29-17-6-2-15(3-7-17)19-11-14(1-10-20(19)24)12-28-13-21(25)22(26)27/h1-11,21H,12-13,25H2,(H2,26,27). The number of carbonyl (C=O) groups is 1. The molecule has 4 N–H and O–H groups in total. The van der Waals surface area contributed by atoms with Gasteiger partial charge < -0.3 is 20.9 Å². The van der Waals surface area contributed by atoms with E-state index in [1.165, 1.54) is 30.3 Å². The number of nitrogens with two attached hydrogens (primary N) is 2. The summed E-state index contributed by atoms with van der Waals surface area (Å²) in [6, 6.07) is 16.3. The first-order valence-corrected chi connectivity index (χ1v) is 8.87. The molecule has 0 aliphatic heterocycles. The van der Waals surface area contributed by atoms with Crippen molar-refractivity contribution < 1.29 is 23.0 Å². The summed E-state index contributed by atoms with van der Waals surface area (Å²) in [5.41, 5.74) is 12.4. The summed E-state index contributed by atoms with van der Waals surface area (Å²) < 4.78 is 38.3. The lowest BCUT2D eigenvalue weighted by molar-refractivity contribution is -0.120. The quantitative estimate of drug-likeness (QED) is 0.605. The maximum atomic E-state index is 14.3. The molecule has 0 radical (unpaired) electrons. The Morgan fingerprint density at radius 2 is 1.55 bits per heavy atom. The number of hydrogen-bond donors (Lipinski definition) is 2. The van der Waals surface area contributed by atoms with Gasteiger partial charge in [0.1, 0.15) is 29.2 Å². The van der Waals surface area contributed by atoms with Crippen molar-refractivity contribution in [1.29, 1.82) is 0 Å². The number of hydrogen-bond acceptors (Lipinski definition) is 4. The van der Waals surface area contributed by atoms with Crippen LogP contribution in [-0.4, -0.2) is 18.6 Å². The number of halogens is 2. The van der Waals surface area contributed by atoms with Gasteiger partial charge >= 0.3 is 0 Å². The topological polar surface area (TPSA) is 87.6 Å². The second kappa shape index (κ2) is 9.27. The van der Waals surface area contributed by atoms with Crippen molar-refractivity contribution in [2.75, 3.05) is 6.61 Å². The van der Waals surface area contributed by atoms with Crippen molar-refractivity contribution >= 4 is 5.91 Å². The molecule has 1 amide bonds. The predicted octanol–water partition coefficient (Wildman–Crippen LogP) is 3.75. The molecule has 5 nitrogen and oxygen atoms in total. The highest BCUT2D eigenvalue weighted by molar-refractivity contribution is 5.79. The van der Waals surface area contributed by atoms with Crippen molar-refractivity contribution in [3.63, 3.8) is 0 Å². The van der Waals surface area contributed by atoms with Crippen LogP contribution in [0.5, 0.6) is 11.5 Å². The Morgan fingerprint density at radius 3 is 2.17 bits per heavy atom. The highest BCUT2D eigenvalue weighted by atomic mass is 19.1. The minimum absolute atomic E-state index is 0.0164. The zero-order chi connectivity index (χ0) is 20.8. The van der Waals surface area contributed by atoms with Gasteiger partial charge in [-0.1, -0.05) is 18.2 Å². The lowest BCUT2D eigenvalue weighted by Gasteiger charge is -2.11. The number of ether oxygens (including phenoxy) is 2. The van der Waals surface area contributed by atoms with Gasteiger partial charge in [0, 0.05) is 5.56 Å². The smallest absolute Gasteiger partial charge is 0.236 e. The Morgan fingerprint density at radius 1 is 0.931 bits per heavy atom. The van der Waals surface area contributed by atoms with Crippen LogP contribution in [0.1, 0.15) is 5.56 Å². The molecule has 29 heavy (non-hydrogen) atoms. The van der Waals surface area contributed by atoms with Gasteiger partial charge in [0.05, 0.1) is 13.2 Å². The van der Waals surface area contributed by atoms with Gasteiger partial charge in [0.25, 0.3) is 0 Å². The summed E-state index contributed by atoms with van der Waals surface area (Å²) in [5, 5.41) is 0. The number of rotatable bonds is 8. The molecule has 3 rings (SSSR count). The molecule has 0 saturated carbocycles. The molecule has 0 bridgehead atoms. The molecule has 0 aromatic heterocycles. The average Bonchev–Trinajstić information content (AvgIpc) is 2.71. The molecule has 7 heteroatoms. The third-order valence-electron chi connectivity index (χ3n) is 4.18. The molecule has 0 saturated heterocycles. The summed E-state index contributed by atoms with van der Waals surface area (Å²) in [6.45, 7) is 0.150. The minimum Gasteiger partial charge on any atom is -0.457 e. The highest BCUT2D eigenvalue weighted by Gasteiger charge is 2.11. The van der Waals surface area contributed by atoms with E-state index in [0.29, 0.717) is 22.6 Å². The normalized spacial score (nSPS) is 11.8. The molecule has 150 valence electrons.